The van der Waals surface area contributed by atoms with Crippen molar-refractivity contribution in [2.24, 2.45) is 4.99 Å². The molecule has 2 heterocycles. The van der Waals surface area contributed by atoms with E-state index in [1.54, 1.807) is 67.1 Å². The number of nitrogens with zero attached hydrogens (tertiary/aromatic N) is 2. The fourth-order valence-electron chi connectivity index (χ4n) is 5.23. The van der Waals surface area contributed by atoms with Gasteiger partial charge in [0.1, 0.15) is 18.1 Å². The molecule has 5 aromatic rings. The number of ether oxygens (including phenoxy) is 2. The molecule has 0 fully saturated rings. The summed E-state index contributed by atoms with van der Waals surface area (Å²) in [6, 6.07) is 29.6. The van der Waals surface area contributed by atoms with E-state index in [9.17, 15) is 19.5 Å². The molecule has 1 aliphatic rings. The molecule has 230 valence electrons. The number of para-hydroxylation sites is 1. The number of anilines is 1. The highest BCUT2D eigenvalue weighted by atomic mass is 32.1. The molecule has 2 N–H and O–H groups in total. The van der Waals surface area contributed by atoms with Crippen LogP contribution in [-0.4, -0.2) is 28.7 Å². The average molecular weight is 632 g/mol. The monoisotopic (exact) mass is 631 g/mol. The quantitative estimate of drug-likeness (QED) is 0.232. The minimum atomic E-state index is -0.992. The second kappa shape index (κ2) is 13.1. The smallest absolute Gasteiger partial charge is 0.335 e. The number of benzene rings is 4. The van der Waals surface area contributed by atoms with Crippen LogP contribution in [0.4, 0.5) is 5.69 Å². The number of rotatable bonds is 9. The molecule has 9 nitrogen and oxygen atoms in total. The van der Waals surface area contributed by atoms with Crippen LogP contribution < -0.4 is 29.7 Å². The summed E-state index contributed by atoms with van der Waals surface area (Å²) >= 11 is 1.25. The van der Waals surface area contributed by atoms with E-state index in [-0.39, 0.29) is 23.6 Å². The number of aromatic carboxylic acids is 1. The van der Waals surface area contributed by atoms with Crippen LogP contribution in [0.25, 0.3) is 6.08 Å². The summed E-state index contributed by atoms with van der Waals surface area (Å²) in [7, 11) is 1.57. The number of amides is 1. The van der Waals surface area contributed by atoms with Gasteiger partial charge < -0.3 is 19.9 Å². The molecule has 1 aliphatic heterocycles. The van der Waals surface area contributed by atoms with Gasteiger partial charge >= 0.3 is 5.97 Å². The third-order valence-corrected chi connectivity index (χ3v) is 8.45. The molecule has 0 bridgehead atoms. The first-order chi connectivity index (χ1) is 22.3. The molecular formula is C36H29N3O6S. The number of carbonyl (C=O) groups is 2. The Hall–Kier alpha value is -5.74. The zero-order valence-electron chi connectivity index (χ0n) is 25.0. The van der Waals surface area contributed by atoms with Crippen LogP contribution in [0.1, 0.15) is 40.0 Å². The average Bonchev–Trinajstić information content (AvgIpc) is 3.37. The summed E-state index contributed by atoms with van der Waals surface area (Å²) in [6.45, 7) is 1.99. The van der Waals surface area contributed by atoms with Crippen LogP contribution in [-0.2, 0) is 11.4 Å². The van der Waals surface area contributed by atoms with Gasteiger partial charge in [-0.25, -0.2) is 9.79 Å². The first kappa shape index (κ1) is 30.3. The summed E-state index contributed by atoms with van der Waals surface area (Å²) in [4.78, 5) is 44.2. The first-order valence-electron chi connectivity index (χ1n) is 14.4. The highest BCUT2D eigenvalue weighted by Gasteiger charge is 2.32. The molecule has 0 saturated heterocycles. The van der Waals surface area contributed by atoms with Crippen molar-refractivity contribution < 1.29 is 24.2 Å². The summed E-state index contributed by atoms with van der Waals surface area (Å²) in [5, 5.41) is 12.2. The summed E-state index contributed by atoms with van der Waals surface area (Å²) in [6.07, 6.45) is 1.79. The summed E-state index contributed by atoms with van der Waals surface area (Å²) in [5.41, 5.74) is 3.68. The number of allylic oxidation sites excluding steroid dienone is 1. The molecule has 0 aliphatic carbocycles. The second-order valence-electron chi connectivity index (χ2n) is 10.5. The number of carboxylic acid groups (broad SMARTS) is 1. The number of hydrogen-bond donors (Lipinski definition) is 2. The molecule has 6 rings (SSSR count). The Morgan fingerprint density at radius 2 is 1.72 bits per heavy atom. The Balaban J connectivity index is 1.33. The van der Waals surface area contributed by atoms with E-state index in [0.29, 0.717) is 37.8 Å². The maximum Gasteiger partial charge on any atom is 0.335 e. The molecule has 46 heavy (non-hydrogen) atoms. The Labute approximate surface area is 268 Å². The lowest BCUT2D eigenvalue weighted by atomic mass is 9.95. The van der Waals surface area contributed by atoms with Gasteiger partial charge in [-0.3, -0.25) is 14.2 Å². The zero-order valence-corrected chi connectivity index (χ0v) is 25.8. The van der Waals surface area contributed by atoms with Gasteiger partial charge in [0.2, 0.25) is 0 Å². The van der Waals surface area contributed by atoms with Gasteiger partial charge in [-0.05, 0) is 78.2 Å². The lowest BCUT2D eigenvalue weighted by molar-refractivity contribution is -0.113. The number of carboxylic acids is 1. The SMILES string of the molecule is COc1cccc([C@H]2C(C(=O)Nc3ccccc3)=C(C)N=c3s/c(=C\c4ccc(OCc5cccc(C(=O)O)c5)cc4)c(=O)n32)c1. The van der Waals surface area contributed by atoms with Gasteiger partial charge in [0, 0.05) is 5.69 Å². The van der Waals surface area contributed by atoms with E-state index >= 15 is 0 Å². The number of fused-ring (bicyclic) bond motifs is 1. The minimum Gasteiger partial charge on any atom is -0.497 e. The van der Waals surface area contributed by atoms with Crippen LogP contribution in [0.2, 0.25) is 0 Å². The summed E-state index contributed by atoms with van der Waals surface area (Å²) < 4.78 is 13.4. The van der Waals surface area contributed by atoms with Crippen molar-refractivity contribution in [2.45, 2.75) is 19.6 Å². The van der Waals surface area contributed by atoms with E-state index in [4.69, 9.17) is 14.5 Å². The highest BCUT2D eigenvalue weighted by Crippen LogP contribution is 2.32. The normalized spacial score (nSPS) is 14.3. The molecule has 0 radical (unpaired) electrons. The molecule has 0 spiro atoms. The third kappa shape index (κ3) is 6.38. The second-order valence-corrected chi connectivity index (χ2v) is 11.6. The Morgan fingerprint density at radius 3 is 2.46 bits per heavy atom. The van der Waals surface area contributed by atoms with Gasteiger partial charge in [0.15, 0.2) is 4.80 Å². The first-order valence-corrected chi connectivity index (χ1v) is 15.2. The van der Waals surface area contributed by atoms with Crippen LogP contribution in [0.3, 0.4) is 0 Å². The predicted molar refractivity (Wildman–Crippen MR) is 176 cm³/mol. The number of aromatic nitrogens is 1. The van der Waals surface area contributed by atoms with Crippen molar-refractivity contribution >= 4 is 35.0 Å². The van der Waals surface area contributed by atoms with Crippen molar-refractivity contribution in [3.8, 4) is 11.5 Å². The van der Waals surface area contributed by atoms with Crippen molar-refractivity contribution in [3.05, 3.63) is 156 Å². The van der Waals surface area contributed by atoms with Gasteiger partial charge in [-0.2, -0.15) is 0 Å². The number of thiazole rings is 1. The Morgan fingerprint density at radius 1 is 0.957 bits per heavy atom. The van der Waals surface area contributed by atoms with Gasteiger partial charge in [0.25, 0.3) is 11.5 Å². The minimum absolute atomic E-state index is 0.200. The molecule has 4 aromatic carbocycles. The Kier molecular flexibility index (Phi) is 8.62. The van der Waals surface area contributed by atoms with E-state index in [1.165, 1.54) is 17.4 Å². The number of nitrogens with one attached hydrogen (secondary N) is 1. The molecule has 0 saturated carbocycles. The van der Waals surface area contributed by atoms with Crippen LogP contribution >= 0.6 is 11.3 Å². The van der Waals surface area contributed by atoms with Gasteiger partial charge in [-0.15, -0.1) is 0 Å². The Bertz CT molecular complexity index is 2150. The molecule has 10 heteroatoms. The van der Waals surface area contributed by atoms with Crippen molar-refractivity contribution in [3.63, 3.8) is 0 Å². The van der Waals surface area contributed by atoms with Crippen molar-refractivity contribution in [1.29, 1.82) is 0 Å². The predicted octanol–water partition coefficient (Wildman–Crippen LogP) is 5.16. The topological polar surface area (TPSA) is 119 Å². The van der Waals surface area contributed by atoms with Gasteiger partial charge in [0.05, 0.1) is 34.5 Å². The third-order valence-electron chi connectivity index (χ3n) is 7.46. The number of hydrogen-bond acceptors (Lipinski definition) is 7. The maximum atomic E-state index is 14.0. The molecule has 1 aromatic heterocycles. The zero-order chi connectivity index (χ0) is 32.2. The number of methoxy groups -OCH3 is 1. The lowest BCUT2D eigenvalue weighted by Gasteiger charge is -2.25. The van der Waals surface area contributed by atoms with Crippen molar-refractivity contribution in [1.82, 2.24) is 4.57 Å². The number of carbonyl (C=O) groups excluding carboxylic acids is 1. The van der Waals surface area contributed by atoms with Crippen LogP contribution in [0, 0.1) is 0 Å². The van der Waals surface area contributed by atoms with Crippen LogP contribution in [0.15, 0.2) is 124 Å². The molecule has 1 atom stereocenters. The molecular weight excluding hydrogens is 602 g/mol. The fraction of sp³-hybridized carbons (Fsp3) is 0.111. The van der Waals surface area contributed by atoms with Gasteiger partial charge in [-0.1, -0.05) is 65.9 Å². The van der Waals surface area contributed by atoms with E-state index in [2.05, 4.69) is 5.32 Å². The van der Waals surface area contributed by atoms with Crippen LogP contribution in [0.5, 0.6) is 11.5 Å². The van der Waals surface area contributed by atoms with E-state index in [0.717, 1.165) is 16.7 Å². The molecule has 0 unspecified atom stereocenters. The van der Waals surface area contributed by atoms with Crippen molar-refractivity contribution in [2.75, 3.05) is 12.4 Å². The van der Waals surface area contributed by atoms with E-state index < -0.39 is 12.0 Å². The molecule has 1 amide bonds. The largest absolute Gasteiger partial charge is 0.497 e. The maximum absolute atomic E-state index is 14.0. The standard InChI is InChI=1S/C36H29N3O6S/c1-22-31(33(40)38-27-11-4-3-5-12-27)32(25-9-7-13-29(20-25)44-2)39-34(41)30(46-36(39)37-22)19-23-14-16-28(17-15-23)45-21-24-8-6-10-26(18-24)35(42)43/h3-20,32H,21H2,1-2H3,(H,38,40)(H,42,43)/b30-19-/t32-/m0/s1. The summed E-state index contributed by atoms with van der Waals surface area (Å²) in [5.74, 6) is -0.135. The highest BCUT2D eigenvalue weighted by molar-refractivity contribution is 7.07. The van der Waals surface area contributed by atoms with E-state index in [1.807, 2.05) is 54.6 Å². The lowest BCUT2D eigenvalue weighted by Crippen LogP contribution is -2.40. The fourth-order valence-corrected chi connectivity index (χ4v) is 6.28.